The molecule has 24 heavy (non-hydrogen) atoms. The molecule has 0 fully saturated rings. The molecule has 2 heteroatoms. The highest BCUT2D eigenvalue weighted by Crippen LogP contribution is 2.32. The van der Waals surface area contributed by atoms with Gasteiger partial charge in [0, 0.05) is 0 Å². The van der Waals surface area contributed by atoms with E-state index in [-0.39, 0.29) is 5.92 Å². The number of carboxylic acids is 1. The van der Waals surface area contributed by atoms with Crippen molar-refractivity contribution in [3.63, 3.8) is 0 Å². The number of unbranched alkanes of at least 4 members (excludes halogenated alkanes) is 12. The quantitative estimate of drug-likeness (QED) is 0.222. The molecule has 0 spiro atoms. The van der Waals surface area contributed by atoms with Crippen molar-refractivity contribution >= 4 is 5.97 Å². The van der Waals surface area contributed by atoms with Crippen molar-refractivity contribution in [2.45, 2.75) is 111 Å². The molecule has 1 atom stereocenters. The van der Waals surface area contributed by atoms with Crippen LogP contribution in [-0.2, 0) is 4.79 Å². The van der Waals surface area contributed by atoms with Crippen molar-refractivity contribution in [3.8, 4) is 0 Å². The van der Waals surface area contributed by atoms with Gasteiger partial charge < -0.3 is 5.11 Å². The standard InChI is InChI=1S/C22H42O2/c1-5-7-8-9-10-11-12-13-14-15-16-17-18-19-20(6-2)22(3,4)21(23)24/h6,20H,2,5,7-19H2,1,3-4H3,(H,23,24). The van der Waals surface area contributed by atoms with Gasteiger partial charge in [-0.2, -0.15) is 0 Å². The normalized spacial score (nSPS) is 13.0. The molecule has 0 aliphatic carbocycles. The summed E-state index contributed by atoms with van der Waals surface area (Å²) in [6.45, 7) is 9.71. The summed E-state index contributed by atoms with van der Waals surface area (Å²) in [6.07, 6.45) is 20.3. The maximum Gasteiger partial charge on any atom is 0.309 e. The van der Waals surface area contributed by atoms with Gasteiger partial charge in [-0.25, -0.2) is 0 Å². The third-order valence-electron chi connectivity index (χ3n) is 5.38. The van der Waals surface area contributed by atoms with Crippen LogP contribution >= 0.6 is 0 Å². The van der Waals surface area contributed by atoms with Gasteiger partial charge >= 0.3 is 5.97 Å². The molecule has 0 saturated heterocycles. The SMILES string of the molecule is C=CC(CCCCCCCCCCCCCCC)C(C)(C)C(=O)O. The fraction of sp³-hybridized carbons (Fsp3) is 0.864. The zero-order valence-electron chi connectivity index (χ0n) is 16.6. The Morgan fingerprint density at radius 2 is 1.25 bits per heavy atom. The van der Waals surface area contributed by atoms with Gasteiger partial charge in [-0.05, 0) is 26.2 Å². The molecule has 0 bridgehead atoms. The lowest BCUT2D eigenvalue weighted by Gasteiger charge is -2.27. The Morgan fingerprint density at radius 3 is 1.58 bits per heavy atom. The average molecular weight is 339 g/mol. The number of hydrogen-bond acceptors (Lipinski definition) is 1. The molecule has 0 radical (unpaired) electrons. The highest BCUT2D eigenvalue weighted by Gasteiger charge is 2.34. The Bertz CT molecular complexity index is 320. The first-order valence-electron chi connectivity index (χ1n) is 10.3. The first-order valence-corrected chi connectivity index (χ1v) is 10.3. The van der Waals surface area contributed by atoms with Crippen LogP contribution < -0.4 is 0 Å². The number of hydrogen-bond donors (Lipinski definition) is 1. The van der Waals surface area contributed by atoms with Crippen molar-refractivity contribution in [1.82, 2.24) is 0 Å². The van der Waals surface area contributed by atoms with E-state index in [1.54, 1.807) is 0 Å². The minimum absolute atomic E-state index is 0.0720. The number of allylic oxidation sites excluding steroid dienone is 1. The third-order valence-corrected chi connectivity index (χ3v) is 5.38. The summed E-state index contributed by atoms with van der Waals surface area (Å²) < 4.78 is 0. The summed E-state index contributed by atoms with van der Waals surface area (Å²) >= 11 is 0. The molecule has 0 saturated carbocycles. The van der Waals surface area contributed by atoms with Gasteiger partial charge in [-0.15, -0.1) is 6.58 Å². The van der Waals surface area contributed by atoms with Gasteiger partial charge in [0.15, 0.2) is 0 Å². The Labute approximate surface area is 151 Å². The average Bonchev–Trinajstić information content (AvgIpc) is 2.55. The molecular weight excluding hydrogens is 296 g/mol. The predicted molar refractivity (Wildman–Crippen MR) is 105 cm³/mol. The van der Waals surface area contributed by atoms with Gasteiger partial charge in [0.1, 0.15) is 0 Å². The van der Waals surface area contributed by atoms with Crippen molar-refractivity contribution in [3.05, 3.63) is 12.7 Å². The summed E-state index contributed by atoms with van der Waals surface area (Å²) in [5.41, 5.74) is -0.696. The Kier molecular flexibility index (Phi) is 14.1. The van der Waals surface area contributed by atoms with Crippen LogP contribution in [0.3, 0.4) is 0 Å². The molecule has 0 aliphatic heterocycles. The second-order valence-electron chi connectivity index (χ2n) is 7.90. The second-order valence-corrected chi connectivity index (χ2v) is 7.90. The van der Waals surface area contributed by atoms with Crippen molar-refractivity contribution in [1.29, 1.82) is 0 Å². The Hall–Kier alpha value is -0.790. The number of carbonyl (C=O) groups is 1. The number of aliphatic carboxylic acids is 1. The van der Waals surface area contributed by atoms with Crippen LogP contribution in [0.2, 0.25) is 0 Å². The van der Waals surface area contributed by atoms with E-state index in [4.69, 9.17) is 0 Å². The van der Waals surface area contributed by atoms with E-state index >= 15 is 0 Å². The number of rotatable bonds is 17. The second kappa shape index (κ2) is 14.5. The van der Waals surface area contributed by atoms with Crippen molar-refractivity contribution in [2.75, 3.05) is 0 Å². The first-order chi connectivity index (χ1) is 11.5. The van der Waals surface area contributed by atoms with E-state index in [9.17, 15) is 9.90 Å². The highest BCUT2D eigenvalue weighted by molar-refractivity contribution is 5.74. The number of carboxylic acid groups (broad SMARTS) is 1. The predicted octanol–water partition coefficient (Wildman–Crippen LogP) is 7.38. The minimum Gasteiger partial charge on any atom is -0.481 e. The van der Waals surface area contributed by atoms with Crippen LogP contribution in [-0.4, -0.2) is 11.1 Å². The van der Waals surface area contributed by atoms with Gasteiger partial charge in [-0.1, -0.05) is 96.5 Å². The fourth-order valence-corrected chi connectivity index (χ4v) is 3.31. The van der Waals surface area contributed by atoms with Crippen molar-refractivity contribution < 1.29 is 9.90 Å². The highest BCUT2D eigenvalue weighted by atomic mass is 16.4. The van der Waals surface area contributed by atoms with Crippen LogP contribution in [0.1, 0.15) is 111 Å². The molecule has 0 aromatic carbocycles. The van der Waals surface area contributed by atoms with Gasteiger partial charge in [0.05, 0.1) is 5.41 Å². The molecule has 1 unspecified atom stereocenters. The zero-order valence-corrected chi connectivity index (χ0v) is 16.6. The minimum atomic E-state index is -0.720. The van der Waals surface area contributed by atoms with Crippen molar-refractivity contribution in [2.24, 2.45) is 11.3 Å². The van der Waals surface area contributed by atoms with Crippen LogP contribution in [0.25, 0.3) is 0 Å². The van der Waals surface area contributed by atoms with E-state index in [1.165, 1.54) is 77.0 Å². The topological polar surface area (TPSA) is 37.3 Å². The summed E-state index contributed by atoms with van der Waals surface area (Å²) in [4.78, 5) is 11.3. The third kappa shape index (κ3) is 10.9. The summed E-state index contributed by atoms with van der Waals surface area (Å²) in [5, 5.41) is 9.30. The lowest BCUT2D eigenvalue weighted by atomic mass is 9.76. The zero-order chi connectivity index (χ0) is 18.3. The lowest BCUT2D eigenvalue weighted by Crippen LogP contribution is -2.31. The van der Waals surface area contributed by atoms with E-state index in [1.807, 2.05) is 19.9 Å². The van der Waals surface area contributed by atoms with Gasteiger partial charge in [0.2, 0.25) is 0 Å². The van der Waals surface area contributed by atoms with Crippen LogP contribution in [0.5, 0.6) is 0 Å². The monoisotopic (exact) mass is 338 g/mol. The molecule has 2 nitrogen and oxygen atoms in total. The summed E-state index contributed by atoms with van der Waals surface area (Å²) in [6, 6.07) is 0. The summed E-state index contributed by atoms with van der Waals surface area (Å²) in [5.74, 6) is -0.648. The van der Waals surface area contributed by atoms with Crippen LogP contribution in [0, 0.1) is 11.3 Å². The molecule has 0 aromatic heterocycles. The Morgan fingerprint density at radius 1 is 0.875 bits per heavy atom. The first kappa shape index (κ1) is 23.2. The van der Waals surface area contributed by atoms with Gasteiger partial charge in [0.25, 0.3) is 0 Å². The molecule has 0 rings (SSSR count). The summed E-state index contributed by atoms with van der Waals surface area (Å²) in [7, 11) is 0. The van der Waals surface area contributed by atoms with E-state index in [2.05, 4.69) is 13.5 Å². The molecule has 0 aliphatic rings. The van der Waals surface area contributed by atoms with E-state index in [0.717, 1.165) is 12.8 Å². The smallest absolute Gasteiger partial charge is 0.309 e. The molecule has 1 N–H and O–H groups in total. The maximum atomic E-state index is 11.3. The fourth-order valence-electron chi connectivity index (χ4n) is 3.31. The largest absolute Gasteiger partial charge is 0.481 e. The molecule has 0 amide bonds. The maximum absolute atomic E-state index is 11.3. The molecular formula is C22H42O2. The van der Waals surface area contributed by atoms with Crippen LogP contribution in [0.15, 0.2) is 12.7 Å². The Balaban J connectivity index is 3.47. The molecule has 0 aromatic rings. The molecule has 0 heterocycles. The lowest BCUT2D eigenvalue weighted by molar-refractivity contribution is -0.149. The van der Waals surface area contributed by atoms with Gasteiger partial charge in [-0.3, -0.25) is 4.79 Å². The van der Waals surface area contributed by atoms with E-state index in [0.29, 0.717) is 0 Å². The van der Waals surface area contributed by atoms with E-state index < -0.39 is 11.4 Å². The molecule has 142 valence electrons. The van der Waals surface area contributed by atoms with Crippen LogP contribution in [0.4, 0.5) is 0 Å².